The van der Waals surface area contributed by atoms with Crippen LogP contribution in [0.2, 0.25) is 0 Å². The smallest absolute Gasteiger partial charge is 0.180 e. The Morgan fingerprint density at radius 1 is 1.40 bits per heavy atom. The molecule has 0 unspecified atom stereocenters. The van der Waals surface area contributed by atoms with Crippen LogP contribution in [0.25, 0.3) is 0 Å². The van der Waals surface area contributed by atoms with Gasteiger partial charge in [0.15, 0.2) is 5.78 Å². The lowest BCUT2D eigenvalue weighted by molar-refractivity contribution is 0.0286. The van der Waals surface area contributed by atoms with Crippen LogP contribution in [0.1, 0.15) is 30.1 Å². The van der Waals surface area contributed by atoms with Crippen molar-refractivity contribution in [1.82, 2.24) is 4.90 Å². The van der Waals surface area contributed by atoms with Gasteiger partial charge in [-0.2, -0.15) is 0 Å². The maximum absolute atomic E-state index is 12.3. The molecule has 20 heavy (non-hydrogen) atoms. The number of aliphatic hydroxyl groups excluding tert-OH is 1. The first-order chi connectivity index (χ1) is 9.60. The van der Waals surface area contributed by atoms with E-state index in [9.17, 15) is 9.90 Å². The summed E-state index contributed by atoms with van der Waals surface area (Å²) < 4.78 is 5.49. The molecule has 1 saturated carbocycles. The molecular formula is C16H23NO3. The fourth-order valence-corrected chi connectivity index (χ4v) is 2.66. The van der Waals surface area contributed by atoms with E-state index in [0.717, 1.165) is 19.4 Å². The van der Waals surface area contributed by atoms with Crippen LogP contribution < -0.4 is 4.74 Å². The first-order valence-corrected chi connectivity index (χ1v) is 7.21. The average Bonchev–Trinajstić information content (AvgIpc) is 2.37. The van der Waals surface area contributed by atoms with Gasteiger partial charge >= 0.3 is 0 Å². The van der Waals surface area contributed by atoms with Crippen molar-refractivity contribution in [2.24, 2.45) is 5.92 Å². The third-order valence-corrected chi connectivity index (χ3v) is 3.68. The summed E-state index contributed by atoms with van der Waals surface area (Å²) in [5.74, 6) is 1.26. The number of Topliss-reactive ketones (excluding diaryl/α,β-unsaturated/α-hetero) is 1. The van der Waals surface area contributed by atoms with Gasteiger partial charge in [-0.05, 0) is 44.9 Å². The molecule has 1 aromatic rings. The van der Waals surface area contributed by atoms with Gasteiger partial charge in [-0.1, -0.05) is 12.1 Å². The van der Waals surface area contributed by atoms with Crippen molar-refractivity contribution in [2.75, 3.05) is 26.7 Å². The second kappa shape index (κ2) is 6.86. The van der Waals surface area contributed by atoms with Gasteiger partial charge in [0.2, 0.25) is 0 Å². The Bertz CT molecular complexity index is 455. The lowest BCUT2D eigenvalue weighted by Crippen LogP contribution is -2.38. The van der Waals surface area contributed by atoms with Crippen LogP contribution in [0.15, 0.2) is 24.3 Å². The molecule has 110 valence electrons. The summed E-state index contributed by atoms with van der Waals surface area (Å²) in [5, 5.41) is 9.28. The Kier molecular flexibility index (Phi) is 5.15. The first kappa shape index (κ1) is 15.0. The van der Waals surface area contributed by atoms with Gasteiger partial charge in [-0.15, -0.1) is 0 Å². The number of likely N-dealkylation sites (N-methyl/N-ethyl adjacent to an activating group) is 1. The molecule has 4 nitrogen and oxygen atoms in total. The summed E-state index contributed by atoms with van der Waals surface area (Å²) in [6.07, 6.45) is 1.57. The van der Waals surface area contributed by atoms with Crippen LogP contribution in [-0.2, 0) is 0 Å². The maximum Gasteiger partial charge on any atom is 0.180 e. The number of rotatable bonds is 7. The van der Waals surface area contributed by atoms with Crippen LogP contribution in [-0.4, -0.2) is 48.6 Å². The van der Waals surface area contributed by atoms with Crippen molar-refractivity contribution >= 4 is 5.78 Å². The molecule has 0 heterocycles. The number of benzene rings is 1. The van der Waals surface area contributed by atoms with E-state index in [2.05, 4.69) is 0 Å². The average molecular weight is 277 g/mol. The maximum atomic E-state index is 12.3. The molecule has 1 fully saturated rings. The first-order valence-electron chi connectivity index (χ1n) is 7.21. The second-order valence-corrected chi connectivity index (χ2v) is 5.54. The highest BCUT2D eigenvalue weighted by molar-refractivity contribution is 6.00. The van der Waals surface area contributed by atoms with Crippen molar-refractivity contribution < 1.29 is 14.6 Å². The van der Waals surface area contributed by atoms with E-state index in [1.165, 1.54) is 0 Å². The number of ketones is 1. The summed E-state index contributed by atoms with van der Waals surface area (Å²) in [6, 6.07) is 7.38. The highest BCUT2D eigenvalue weighted by Crippen LogP contribution is 2.27. The summed E-state index contributed by atoms with van der Waals surface area (Å²) in [6.45, 7) is 3.71. The minimum absolute atomic E-state index is 0.0800. The fourth-order valence-electron chi connectivity index (χ4n) is 2.66. The van der Waals surface area contributed by atoms with Crippen molar-refractivity contribution in [1.29, 1.82) is 0 Å². The van der Waals surface area contributed by atoms with E-state index >= 15 is 0 Å². The molecule has 0 radical (unpaired) electrons. The van der Waals surface area contributed by atoms with Gasteiger partial charge in [-0.3, -0.25) is 9.69 Å². The molecule has 0 aliphatic heterocycles. The molecular weight excluding hydrogens is 254 g/mol. The summed E-state index contributed by atoms with van der Waals surface area (Å²) in [7, 11) is 1.95. The van der Waals surface area contributed by atoms with Crippen molar-refractivity contribution in [3.63, 3.8) is 0 Å². The highest BCUT2D eigenvalue weighted by Gasteiger charge is 2.28. The van der Waals surface area contributed by atoms with Gasteiger partial charge in [0.1, 0.15) is 5.75 Å². The molecule has 4 heteroatoms. The minimum atomic E-state index is -0.136. The third kappa shape index (κ3) is 3.81. The number of para-hydroxylation sites is 1. The number of nitrogens with zero attached hydrogens (tertiary/aromatic N) is 1. The van der Waals surface area contributed by atoms with E-state index in [-0.39, 0.29) is 11.9 Å². The normalized spacial score (nSPS) is 21.6. The molecule has 1 aromatic carbocycles. The Morgan fingerprint density at radius 3 is 2.75 bits per heavy atom. The number of carbonyl (C=O) groups excluding carboxylic acids is 1. The van der Waals surface area contributed by atoms with Gasteiger partial charge in [0.05, 0.1) is 24.8 Å². The molecule has 2 rings (SSSR count). The van der Waals surface area contributed by atoms with Crippen molar-refractivity contribution in [3.05, 3.63) is 29.8 Å². The predicted molar refractivity (Wildman–Crippen MR) is 78.2 cm³/mol. The molecule has 0 bridgehead atoms. The summed E-state index contributed by atoms with van der Waals surface area (Å²) in [5.41, 5.74) is 0.648. The topological polar surface area (TPSA) is 49.8 Å². The molecule has 0 aromatic heterocycles. The highest BCUT2D eigenvalue weighted by atomic mass is 16.5. The van der Waals surface area contributed by atoms with E-state index in [4.69, 9.17) is 4.74 Å². The second-order valence-electron chi connectivity index (χ2n) is 5.54. The Labute approximate surface area is 120 Å². The molecule has 1 aliphatic rings. The zero-order valence-corrected chi connectivity index (χ0v) is 12.2. The number of ether oxygens (including phenoxy) is 1. The summed E-state index contributed by atoms with van der Waals surface area (Å²) >= 11 is 0. The van der Waals surface area contributed by atoms with Crippen molar-refractivity contribution in [3.8, 4) is 5.75 Å². The Morgan fingerprint density at radius 2 is 2.10 bits per heavy atom. The Hall–Kier alpha value is -1.39. The molecule has 0 spiro atoms. The molecule has 1 aliphatic carbocycles. The van der Waals surface area contributed by atoms with E-state index in [1.54, 1.807) is 0 Å². The summed E-state index contributed by atoms with van der Waals surface area (Å²) in [4.78, 5) is 14.4. The van der Waals surface area contributed by atoms with Crippen LogP contribution in [0.5, 0.6) is 5.75 Å². The van der Waals surface area contributed by atoms with Gasteiger partial charge in [0, 0.05) is 6.54 Å². The number of carbonyl (C=O) groups is 1. The van der Waals surface area contributed by atoms with E-state index < -0.39 is 0 Å². The molecule has 1 N–H and O–H groups in total. The third-order valence-electron chi connectivity index (χ3n) is 3.68. The van der Waals surface area contributed by atoms with Gasteiger partial charge in [0.25, 0.3) is 0 Å². The minimum Gasteiger partial charge on any atom is -0.493 e. The van der Waals surface area contributed by atoms with Crippen LogP contribution in [0, 0.1) is 5.92 Å². The van der Waals surface area contributed by atoms with Crippen LogP contribution in [0.4, 0.5) is 0 Å². The largest absolute Gasteiger partial charge is 0.493 e. The zero-order valence-electron chi connectivity index (χ0n) is 12.2. The molecule has 0 saturated heterocycles. The number of aliphatic hydroxyl groups is 1. The predicted octanol–water partition coefficient (Wildman–Crippen LogP) is 1.97. The molecule has 0 amide bonds. The van der Waals surface area contributed by atoms with E-state index in [0.29, 0.717) is 30.4 Å². The quantitative estimate of drug-likeness (QED) is 0.774. The Balaban J connectivity index is 1.90. The van der Waals surface area contributed by atoms with Crippen LogP contribution in [0.3, 0.4) is 0 Å². The SMILES string of the molecule is CCOc1ccccc1C(=O)CN(C)CC1CC(O)C1. The van der Waals surface area contributed by atoms with Crippen molar-refractivity contribution in [2.45, 2.75) is 25.9 Å². The lowest BCUT2D eigenvalue weighted by atomic mass is 9.82. The number of hydrogen-bond donors (Lipinski definition) is 1. The van der Waals surface area contributed by atoms with Crippen LogP contribution >= 0.6 is 0 Å². The fraction of sp³-hybridized carbons (Fsp3) is 0.562. The molecule has 0 atom stereocenters. The zero-order chi connectivity index (χ0) is 14.5. The monoisotopic (exact) mass is 277 g/mol. The van der Waals surface area contributed by atoms with Gasteiger partial charge < -0.3 is 9.84 Å². The lowest BCUT2D eigenvalue weighted by Gasteiger charge is -2.34. The van der Waals surface area contributed by atoms with Gasteiger partial charge in [-0.25, -0.2) is 0 Å². The standard InChI is InChI=1S/C16H23NO3/c1-3-20-16-7-5-4-6-14(16)15(19)11-17(2)10-12-8-13(18)9-12/h4-7,12-13,18H,3,8-11H2,1-2H3. The number of hydrogen-bond acceptors (Lipinski definition) is 4. The van der Waals surface area contributed by atoms with E-state index in [1.807, 2.05) is 43.1 Å².